The van der Waals surface area contributed by atoms with E-state index < -0.39 is 0 Å². The fourth-order valence-electron chi connectivity index (χ4n) is 4.10. The van der Waals surface area contributed by atoms with Crippen molar-refractivity contribution in [2.24, 2.45) is 0 Å². The molecule has 0 atom stereocenters. The van der Waals surface area contributed by atoms with Crippen LogP contribution in [0.4, 0.5) is 5.82 Å². The van der Waals surface area contributed by atoms with Crippen molar-refractivity contribution in [1.29, 1.82) is 0 Å². The standard InChI is InChI=1S/C25H22BrN3O3/c26-18-5-3-4-17(14-18)15-22-24(31)19-7-8-21(30)20(25(19)32-22)16-28-10-12-29(13-11-28)23-6-1-2-9-27-23/h1-9,14-15,30H,10-13,16H2/b22-15-. The maximum atomic E-state index is 12.9. The number of anilines is 1. The van der Waals surface area contributed by atoms with Gasteiger partial charge in [0, 0.05) is 43.4 Å². The zero-order chi connectivity index (χ0) is 22.1. The monoisotopic (exact) mass is 491 g/mol. The summed E-state index contributed by atoms with van der Waals surface area (Å²) < 4.78 is 6.92. The molecule has 1 N–H and O–H groups in total. The number of carbonyl (C=O) groups is 1. The lowest BCUT2D eigenvalue weighted by Crippen LogP contribution is -2.46. The number of nitrogens with zero attached hydrogens (tertiary/aromatic N) is 3. The molecule has 0 unspecified atom stereocenters. The number of rotatable bonds is 4. The van der Waals surface area contributed by atoms with E-state index in [-0.39, 0.29) is 17.3 Å². The Hall–Kier alpha value is -3.16. The van der Waals surface area contributed by atoms with Crippen molar-refractivity contribution >= 4 is 33.6 Å². The summed E-state index contributed by atoms with van der Waals surface area (Å²) in [5.74, 6) is 1.69. The van der Waals surface area contributed by atoms with Crippen LogP contribution in [0.5, 0.6) is 11.5 Å². The molecule has 2 aliphatic heterocycles. The van der Waals surface area contributed by atoms with Gasteiger partial charge in [-0.15, -0.1) is 0 Å². The first-order chi connectivity index (χ1) is 15.6. The smallest absolute Gasteiger partial charge is 0.231 e. The second-order valence-corrected chi connectivity index (χ2v) is 8.80. The van der Waals surface area contributed by atoms with Crippen LogP contribution in [0, 0.1) is 0 Å². The fraction of sp³-hybridized carbons (Fsp3) is 0.200. The summed E-state index contributed by atoms with van der Waals surface area (Å²) in [7, 11) is 0. The quantitative estimate of drug-likeness (QED) is 0.542. The molecule has 3 aromatic rings. The molecular formula is C25H22BrN3O3. The van der Waals surface area contributed by atoms with Crippen LogP contribution in [-0.4, -0.2) is 47.0 Å². The number of fused-ring (bicyclic) bond motifs is 1. The number of benzene rings is 2. The van der Waals surface area contributed by atoms with E-state index in [1.165, 1.54) is 0 Å². The van der Waals surface area contributed by atoms with E-state index in [1.807, 2.05) is 42.5 Å². The molecule has 0 bridgehead atoms. The van der Waals surface area contributed by atoms with Gasteiger partial charge in [0.1, 0.15) is 17.3 Å². The van der Waals surface area contributed by atoms with Gasteiger partial charge in [-0.3, -0.25) is 9.69 Å². The van der Waals surface area contributed by atoms with E-state index in [1.54, 1.807) is 24.4 Å². The first kappa shape index (κ1) is 20.7. The number of ketones is 1. The van der Waals surface area contributed by atoms with Gasteiger partial charge in [0.25, 0.3) is 0 Å². The molecule has 0 amide bonds. The zero-order valence-electron chi connectivity index (χ0n) is 17.4. The minimum atomic E-state index is -0.166. The molecule has 0 saturated carbocycles. The number of phenolic OH excluding ortho intramolecular Hbond substituents is 1. The Labute approximate surface area is 194 Å². The maximum Gasteiger partial charge on any atom is 0.231 e. The van der Waals surface area contributed by atoms with Crippen molar-refractivity contribution in [2.75, 3.05) is 31.1 Å². The van der Waals surface area contributed by atoms with E-state index in [9.17, 15) is 9.90 Å². The number of halogens is 1. The number of phenols is 1. The highest BCUT2D eigenvalue weighted by atomic mass is 79.9. The number of ether oxygens (including phenoxy) is 1. The minimum absolute atomic E-state index is 0.146. The van der Waals surface area contributed by atoms with Gasteiger partial charge in [0.2, 0.25) is 5.78 Å². The summed E-state index contributed by atoms with van der Waals surface area (Å²) in [5.41, 5.74) is 2.01. The van der Waals surface area contributed by atoms with Gasteiger partial charge in [-0.05, 0) is 48.0 Å². The van der Waals surface area contributed by atoms with Gasteiger partial charge in [0.15, 0.2) is 5.76 Å². The lowest BCUT2D eigenvalue weighted by molar-refractivity contribution is 0.101. The van der Waals surface area contributed by atoms with Crippen molar-refractivity contribution in [3.05, 3.63) is 87.7 Å². The number of allylic oxidation sites excluding steroid dienone is 1. The number of Topliss-reactive ketones (excluding diaryl/α,β-unsaturated/α-hetero) is 1. The van der Waals surface area contributed by atoms with Crippen molar-refractivity contribution < 1.29 is 14.6 Å². The molecule has 0 aliphatic carbocycles. The van der Waals surface area contributed by atoms with E-state index in [0.29, 0.717) is 23.4 Å². The SMILES string of the molecule is O=C1/C(=C/c2cccc(Br)c2)Oc2c1ccc(O)c2CN1CCN(c2ccccn2)CC1. The maximum absolute atomic E-state index is 12.9. The summed E-state index contributed by atoms with van der Waals surface area (Å²) in [6.07, 6.45) is 3.54. The second kappa shape index (κ2) is 8.76. The highest BCUT2D eigenvalue weighted by Gasteiger charge is 2.32. The van der Waals surface area contributed by atoms with Crippen LogP contribution in [0.2, 0.25) is 0 Å². The predicted molar refractivity (Wildman–Crippen MR) is 127 cm³/mol. The molecule has 1 aromatic heterocycles. The Balaban J connectivity index is 1.34. The molecule has 1 fully saturated rings. The summed E-state index contributed by atoms with van der Waals surface area (Å²) >= 11 is 3.45. The molecule has 0 spiro atoms. The molecule has 5 rings (SSSR count). The van der Waals surface area contributed by atoms with Crippen LogP contribution >= 0.6 is 15.9 Å². The fourth-order valence-corrected chi connectivity index (χ4v) is 4.51. The Kier molecular flexibility index (Phi) is 5.68. The molecule has 2 aromatic carbocycles. The molecule has 1 saturated heterocycles. The summed E-state index contributed by atoms with van der Waals surface area (Å²) in [5, 5.41) is 10.6. The third kappa shape index (κ3) is 4.13. The third-order valence-electron chi connectivity index (χ3n) is 5.79. The normalized spacial score (nSPS) is 17.5. The number of pyridine rings is 1. The summed E-state index contributed by atoms with van der Waals surface area (Å²) in [6, 6.07) is 16.8. The highest BCUT2D eigenvalue weighted by Crippen LogP contribution is 2.40. The van der Waals surface area contributed by atoms with Crippen LogP contribution < -0.4 is 9.64 Å². The van der Waals surface area contributed by atoms with Gasteiger partial charge < -0.3 is 14.7 Å². The molecule has 0 radical (unpaired) electrons. The van der Waals surface area contributed by atoms with E-state index in [2.05, 4.69) is 30.7 Å². The van der Waals surface area contributed by atoms with Crippen LogP contribution in [0.15, 0.2) is 71.0 Å². The molecule has 162 valence electrons. The first-order valence-electron chi connectivity index (χ1n) is 10.5. The first-order valence-corrected chi connectivity index (χ1v) is 11.3. The van der Waals surface area contributed by atoms with E-state index in [4.69, 9.17) is 4.74 Å². The van der Waals surface area contributed by atoms with E-state index >= 15 is 0 Å². The van der Waals surface area contributed by atoms with Crippen LogP contribution in [0.3, 0.4) is 0 Å². The van der Waals surface area contributed by atoms with Crippen LogP contribution in [0.1, 0.15) is 21.5 Å². The number of hydrogen-bond acceptors (Lipinski definition) is 6. The zero-order valence-corrected chi connectivity index (χ0v) is 19.0. The number of carbonyl (C=O) groups excluding carboxylic acids is 1. The van der Waals surface area contributed by atoms with Gasteiger partial charge in [-0.25, -0.2) is 4.98 Å². The topological polar surface area (TPSA) is 65.9 Å². The second-order valence-electron chi connectivity index (χ2n) is 7.89. The summed E-state index contributed by atoms with van der Waals surface area (Å²) in [6.45, 7) is 3.87. The predicted octanol–water partition coefficient (Wildman–Crippen LogP) is 4.49. The van der Waals surface area contributed by atoms with Crippen LogP contribution in [0.25, 0.3) is 6.08 Å². The number of aromatic hydroxyl groups is 1. The van der Waals surface area contributed by atoms with Crippen LogP contribution in [-0.2, 0) is 6.54 Å². The van der Waals surface area contributed by atoms with Gasteiger partial charge in [-0.2, -0.15) is 0 Å². The summed E-state index contributed by atoms with van der Waals surface area (Å²) in [4.78, 5) is 21.9. The average Bonchev–Trinajstić information content (AvgIpc) is 3.12. The van der Waals surface area contributed by atoms with Crippen molar-refractivity contribution in [1.82, 2.24) is 9.88 Å². The molecule has 32 heavy (non-hydrogen) atoms. The molecule has 6 nitrogen and oxygen atoms in total. The Morgan fingerprint density at radius 3 is 2.66 bits per heavy atom. The van der Waals surface area contributed by atoms with Gasteiger partial charge in [0.05, 0.1) is 11.1 Å². The van der Waals surface area contributed by atoms with Crippen molar-refractivity contribution in [3.8, 4) is 11.5 Å². The number of aromatic nitrogens is 1. The highest BCUT2D eigenvalue weighted by molar-refractivity contribution is 9.10. The van der Waals surface area contributed by atoms with Crippen molar-refractivity contribution in [2.45, 2.75) is 6.54 Å². The molecule has 7 heteroatoms. The van der Waals surface area contributed by atoms with Crippen molar-refractivity contribution in [3.63, 3.8) is 0 Å². The number of hydrogen-bond donors (Lipinski definition) is 1. The Bertz CT molecular complexity index is 1190. The molecule has 3 heterocycles. The lowest BCUT2D eigenvalue weighted by atomic mass is 10.0. The largest absolute Gasteiger partial charge is 0.507 e. The van der Waals surface area contributed by atoms with E-state index in [0.717, 1.165) is 42.0 Å². The van der Waals surface area contributed by atoms with Gasteiger partial charge >= 0.3 is 0 Å². The Morgan fingerprint density at radius 1 is 1.06 bits per heavy atom. The average molecular weight is 492 g/mol. The molecule has 2 aliphatic rings. The lowest BCUT2D eigenvalue weighted by Gasteiger charge is -2.35. The molecular weight excluding hydrogens is 470 g/mol. The van der Waals surface area contributed by atoms with Gasteiger partial charge in [-0.1, -0.05) is 34.1 Å². The Morgan fingerprint density at radius 2 is 1.91 bits per heavy atom. The third-order valence-corrected chi connectivity index (χ3v) is 6.28. The number of piperazine rings is 1. The minimum Gasteiger partial charge on any atom is -0.507 e.